The van der Waals surface area contributed by atoms with Crippen LogP contribution in [0.2, 0.25) is 0 Å². The number of aromatic nitrogens is 4. The zero-order valence-corrected chi connectivity index (χ0v) is 25.2. The molecule has 0 aliphatic carbocycles. The minimum absolute atomic E-state index is 0.0189. The largest absolute Gasteiger partial charge is 0.442 e. The van der Waals surface area contributed by atoms with E-state index in [-0.39, 0.29) is 22.9 Å². The van der Waals surface area contributed by atoms with Gasteiger partial charge < -0.3 is 20.7 Å². The molecule has 0 fully saturated rings. The maximum Gasteiger partial charge on any atom is 0.435 e. The van der Waals surface area contributed by atoms with Gasteiger partial charge in [0, 0.05) is 27.7 Å². The third-order valence-electron chi connectivity index (χ3n) is 5.79. The molecule has 1 unspecified atom stereocenters. The van der Waals surface area contributed by atoms with Crippen LogP contribution >= 0.6 is 11.8 Å². The van der Waals surface area contributed by atoms with E-state index in [2.05, 4.69) is 58.4 Å². The first kappa shape index (κ1) is 30.5. The lowest BCUT2D eigenvalue weighted by Crippen LogP contribution is -2.27. The highest BCUT2D eigenvalue weighted by molar-refractivity contribution is 8.00. The van der Waals surface area contributed by atoms with Gasteiger partial charge in [-0.05, 0) is 74.9 Å². The quantitative estimate of drug-likeness (QED) is 0.169. The summed E-state index contributed by atoms with van der Waals surface area (Å²) in [5.41, 5.74) is 2.54. The van der Waals surface area contributed by atoms with Crippen LogP contribution in [0, 0.1) is 5.82 Å². The summed E-state index contributed by atoms with van der Waals surface area (Å²) in [7, 11) is 0. The number of carbonyl (C=O) groups is 2. The third kappa shape index (κ3) is 7.64. The molecule has 0 aliphatic heterocycles. The Morgan fingerprint density at radius 2 is 1.83 bits per heavy atom. The normalized spacial score (nSPS) is 12.2. The Labute approximate surface area is 248 Å². The SMILES string of the molecule is C=CC(=O)Nc1cccc(Nc2nc(Nc3cc4cnn(C(=O)OC(C)(C)C)c4cc3C(C)SC(C)C)ncc2F)c1. The summed E-state index contributed by atoms with van der Waals surface area (Å²) in [4.78, 5) is 33.0. The van der Waals surface area contributed by atoms with E-state index in [1.807, 2.05) is 12.1 Å². The second-order valence-electron chi connectivity index (χ2n) is 10.8. The van der Waals surface area contributed by atoms with Gasteiger partial charge in [0.2, 0.25) is 11.9 Å². The van der Waals surface area contributed by atoms with Crippen LogP contribution in [0.4, 0.5) is 38.0 Å². The maximum atomic E-state index is 14.8. The maximum absolute atomic E-state index is 14.8. The number of nitrogens with one attached hydrogen (secondary N) is 3. The molecule has 1 atom stereocenters. The zero-order chi connectivity index (χ0) is 30.6. The molecule has 42 heavy (non-hydrogen) atoms. The molecule has 0 aliphatic rings. The molecule has 0 saturated heterocycles. The molecule has 3 N–H and O–H groups in total. The highest BCUT2D eigenvalue weighted by Gasteiger charge is 2.23. The molecule has 0 radical (unpaired) electrons. The van der Waals surface area contributed by atoms with Gasteiger partial charge in [0.15, 0.2) is 11.6 Å². The summed E-state index contributed by atoms with van der Waals surface area (Å²) in [6, 6.07) is 10.6. The molecule has 2 aromatic heterocycles. The first-order chi connectivity index (χ1) is 19.8. The van der Waals surface area contributed by atoms with Crippen molar-refractivity contribution in [3.8, 4) is 0 Å². The highest BCUT2D eigenvalue weighted by atomic mass is 32.2. The molecule has 0 spiro atoms. The second-order valence-corrected chi connectivity index (χ2v) is 12.7. The number of nitrogens with zero attached hydrogens (tertiary/aromatic N) is 4. The number of anilines is 5. The number of thioether (sulfide) groups is 1. The first-order valence-electron chi connectivity index (χ1n) is 13.3. The minimum Gasteiger partial charge on any atom is -0.442 e. The molecule has 4 rings (SSSR count). The average molecular weight is 592 g/mol. The van der Waals surface area contributed by atoms with Gasteiger partial charge in [0.05, 0.1) is 17.9 Å². The van der Waals surface area contributed by atoms with Crippen LogP contribution in [0.1, 0.15) is 52.4 Å². The van der Waals surface area contributed by atoms with Crippen molar-refractivity contribution < 1.29 is 18.7 Å². The van der Waals surface area contributed by atoms with Crippen molar-refractivity contribution in [2.45, 2.75) is 57.6 Å². The summed E-state index contributed by atoms with van der Waals surface area (Å²) in [5.74, 6) is -0.901. The predicted molar refractivity (Wildman–Crippen MR) is 166 cm³/mol. The van der Waals surface area contributed by atoms with Gasteiger partial charge in [0.25, 0.3) is 0 Å². The summed E-state index contributed by atoms with van der Waals surface area (Å²) < 4.78 is 21.5. The Morgan fingerprint density at radius 1 is 1.10 bits per heavy atom. The fourth-order valence-electron chi connectivity index (χ4n) is 4.11. The monoisotopic (exact) mass is 591 g/mol. The van der Waals surface area contributed by atoms with Gasteiger partial charge in [-0.1, -0.05) is 26.5 Å². The van der Waals surface area contributed by atoms with Gasteiger partial charge >= 0.3 is 6.09 Å². The number of rotatable bonds is 9. The van der Waals surface area contributed by atoms with Crippen molar-refractivity contribution in [2.24, 2.45) is 0 Å². The Hall–Kier alpha value is -4.45. The van der Waals surface area contributed by atoms with E-state index in [1.54, 1.807) is 63.0 Å². The topological polar surface area (TPSA) is 123 Å². The molecule has 2 heterocycles. The Kier molecular flexibility index (Phi) is 9.15. The Morgan fingerprint density at radius 3 is 2.52 bits per heavy atom. The minimum atomic E-state index is -0.674. The van der Waals surface area contributed by atoms with E-state index in [0.29, 0.717) is 33.2 Å². The Bertz CT molecular complexity index is 1630. The van der Waals surface area contributed by atoms with E-state index in [9.17, 15) is 14.0 Å². The van der Waals surface area contributed by atoms with Crippen molar-refractivity contribution in [1.29, 1.82) is 0 Å². The Balaban J connectivity index is 1.68. The molecular weight excluding hydrogens is 557 g/mol. The van der Waals surface area contributed by atoms with Crippen LogP contribution in [-0.2, 0) is 9.53 Å². The highest BCUT2D eigenvalue weighted by Crippen LogP contribution is 2.39. The van der Waals surface area contributed by atoms with Crippen molar-refractivity contribution in [3.63, 3.8) is 0 Å². The van der Waals surface area contributed by atoms with Crippen LogP contribution in [0.5, 0.6) is 0 Å². The molecule has 2 aromatic carbocycles. The van der Waals surface area contributed by atoms with Crippen molar-refractivity contribution in [3.05, 3.63) is 72.8 Å². The summed E-state index contributed by atoms with van der Waals surface area (Å²) in [6.07, 6.45) is 3.26. The van der Waals surface area contributed by atoms with Crippen molar-refractivity contribution in [2.75, 3.05) is 16.0 Å². The van der Waals surface area contributed by atoms with E-state index in [0.717, 1.165) is 17.8 Å². The van der Waals surface area contributed by atoms with Crippen LogP contribution in [0.25, 0.3) is 10.9 Å². The molecule has 10 nitrogen and oxygen atoms in total. The number of benzene rings is 2. The molecular formula is C30H34FN7O3S. The number of hydrogen-bond acceptors (Lipinski definition) is 9. The third-order valence-corrected chi connectivity index (χ3v) is 7.00. The number of hydrogen-bond donors (Lipinski definition) is 3. The number of carbonyl (C=O) groups excluding carboxylic acids is 2. The number of halogens is 1. The van der Waals surface area contributed by atoms with Crippen molar-refractivity contribution >= 4 is 63.5 Å². The smallest absolute Gasteiger partial charge is 0.435 e. The molecule has 0 bridgehead atoms. The van der Waals surface area contributed by atoms with Crippen LogP contribution < -0.4 is 16.0 Å². The van der Waals surface area contributed by atoms with E-state index < -0.39 is 17.5 Å². The van der Waals surface area contributed by atoms with E-state index in [4.69, 9.17) is 4.74 Å². The first-order valence-corrected chi connectivity index (χ1v) is 14.3. The van der Waals surface area contributed by atoms with Crippen molar-refractivity contribution in [1.82, 2.24) is 19.7 Å². The lowest BCUT2D eigenvalue weighted by molar-refractivity contribution is -0.111. The molecule has 12 heteroatoms. The van der Waals surface area contributed by atoms with Gasteiger partial charge in [-0.25, -0.2) is 14.2 Å². The van der Waals surface area contributed by atoms with Crippen LogP contribution in [0.3, 0.4) is 0 Å². The lowest BCUT2D eigenvalue weighted by atomic mass is 10.1. The van der Waals surface area contributed by atoms with E-state index in [1.165, 1.54) is 4.68 Å². The second kappa shape index (κ2) is 12.6. The molecule has 4 aromatic rings. The van der Waals surface area contributed by atoms with Crippen LogP contribution in [0.15, 0.2) is 61.4 Å². The van der Waals surface area contributed by atoms with Gasteiger partial charge in [0.1, 0.15) is 5.60 Å². The number of fused-ring (bicyclic) bond motifs is 1. The van der Waals surface area contributed by atoms with Crippen LogP contribution in [-0.4, -0.2) is 42.6 Å². The molecule has 1 amide bonds. The van der Waals surface area contributed by atoms with Gasteiger partial charge in [-0.15, -0.1) is 0 Å². The zero-order valence-electron chi connectivity index (χ0n) is 24.4. The number of amides is 1. The fourth-order valence-corrected chi connectivity index (χ4v) is 5.27. The molecule has 220 valence electrons. The summed E-state index contributed by atoms with van der Waals surface area (Å²) in [6.45, 7) is 15.1. The summed E-state index contributed by atoms with van der Waals surface area (Å²) >= 11 is 1.75. The number of ether oxygens (including phenoxy) is 1. The summed E-state index contributed by atoms with van der Waals surface area (Å²) in [5, 5.41) is 14.2. The van der Waals surface area contributed by atoms with E-state index >= 15 is 0 Å². The fraction of sp³-hybridized carbons (Fsp3) is 0.300. The average Bonchev–Trinajstić information content (AvgIpc) is 3.32. The predicted octanol–water partition coefficient (Wildman–Crippen LogP) is 7.56. The lowest BCUT2D eigenvalue weighted by Gasteiger charge is -2.21. The standard InChI is InChI=1S/C30H34FN7O3S/c1-8-26(39)34-20-10-9-11-21(13-20)35-27-23(31)16-32-28(37-27)36-24-12-19-15-33-38(29(40)41-30(5,6)7)25(19)14-22(24)18(4)42-17(2)3/h8-18H,1H2,2-7H3,(H,34,39)(H2,32,35,36,37). The molecule has 0 saturated carbocycles. The van der Waals surface area contributed by atoms with Gasteiger partial charge in [-0.3, -0.25) is 4.79 Å². The van der Waals surface area contributed by atoms with Gasteiger partial charge in [-0.2, -0.15) is 26.5 Å².